The van der Waals surface area contributed by atoms with E-state index in [1.54, 1.807) is 6.07 Å². The molecule has 0 bridgehead atoms. The Morgan fingerprint density at radius 1 is 1.50 bits per heavy atom. The zero-order valence-electron chi connectivity index (χ0n) is 5.76. The number of hydrogen-bond donors (Lipinski definition) is 0. The minimum absolute atomic E-state index is 0.0605. The molecule has 0 amide bonds. The summed E-state index contributed by atoms with van der Waals surface area (Å²) in [7, 11) is 0. The summed E-state index contributed by atoms with van der Waals surface area (Å²) < 4.78 is 24.2. The second-order valence-electron chi connectivity index (χ2n) is 1.98. The van der Waals surface area contributed by atoms with E-state index >= 15 is 0 Å². The van der Waals surface area contributed by atoms with E-state index in [2.05, 4.69) is 4.98 Å². The SMILES string of the molecule is N#Cc1ccc(Cl)c(C(F)F)n1. The van der Waals surface area contributed by atoms with Crippen molar-refractivity contribution in [3.05, 3.63) is 28.5 Å². The molecule has 1 aromatic rings. The van der Waals surface area contributed by atoms with Crippen LogP contribution in [0.1, 0.15) is 17.8 Å². The molecule has 0 atom stereocenters. The van der Waals surface area contributed by atoms with Crippen LogP contribution < -0.4 is 0 Å². The van der Waals surface area contributed by atoms with Crippen LogP contribution in [-0.2, 0) is 0 Å². The fourth-order valence-corrected chi connectivity index (χ4v) is 0.861. The largest absolute Gasteiger partial charge is 0.281 e. The second-order valence-corrected chi connectivity index (χ2v) is 2.38. The highest BCUT2D eigenvalue weighted by Crippen LogP contribution is 2.24. The van der Waals surface area contributed by atoms with Crippen molar-refractivity contribution in [1.29, 1.82) is 5.26 Å². The Balaban J connectivity index is 3.19. The fraction of sp³-hybridized carbons (Fsp3) is 0.143. The maximum atomic E-state index is 12.1. The van der Waals surface area contributed by atoms with Crippen LogP contribution in [-0.4, -0.2) is 4.98 Å². The molecule has 0 N–H and O–H groups in total. The quantitative estimate of drug-likeness (QED) is 0.679. The monoisotopic (exact) mass is 188 g/mol. The highest BCUT2D eigenvalue weighted by atomic mass is 35.5. The lowest BCUT2D eigenvalue weighted by Crippen LogP contribution is -1.93. The summed E-state index contributed by atoms with van der Waals surface area (Å²) in [6, 6.07) is 4.16. The predicted octanol–water partition coefficient (Wildman–Crippen LogP) is 2.54. The maximum absolute atomic E-state index is 12.1. The molecule has 0 fully saturated rings. The summed E-state index contributed by atoms with van der Waals surface area (Å²) in [6.45, 7) is 0. The molecule has 0 aromatic carbocycles. The van der Waals surface area contributed by atoms with Gasteiger partial charge in [-0.25, -0.2) is 13.8 Å². The molecular formula is C7H3ClF2N2. The van der Waals surface area contributed by atoms with Gasteiger partial charge in [0.05, 0.1) is 5.02 Å². The lowest BCUT2D eigenvalue weighted by atomic mass is 10.3. The zero-order chi connectivity index (χ0) is 9.14. The Morgan fingerprint density at radius 2 is 2.17 bits per heavy atom. The van der Waals surface area contributed by atoms with Crippen molar-refractivity contribution in [3.8, 4) is 6.07 Å². The number of nitrogens with zero attached hydrogens (tertiary/aromatic N) is 2. The first-order valence-corrected chi connectivity index (χ1v) is 3.37. The minimum Gasteiger partial charge on any atom is -0.235 e. The molecule has 1 heterocycles. The molecule has 0 aliphatic heterocycles. The van der Waals surface area contributed by atoms with Gasteiger partial charge in [0.2, 0.25) is 0 Å². The number of rotatable bonds is 1. The predicted molar refractivity (Wildman–Crippen MR) is 38.9 cm³/mol. The molecule has 0 aliphatic carbocycles. The lowest BCUT2D eigenvalue weighted by molar-refractivity contribution is 0.146. The van der Waals surface area contributed by atoms with E-state index in [0.29, 0.717) is 0 Å². The molecule has 0 unspecified atom stereocenters. The van der Waals surface area contributed by atoms with Crippen LogP contribution in [0.25, 0.3) is 0 Å². The van der Waals surface area contributed by atoms with Gasteiger partial charge in [0.15, 0.2) is 0 Å². The topological polar surface area (TPSA) is 36.7 Å². The number of pyridine rings is 1. The van der Waals surface area contributed by atoms with Gasteiger partial charge in [-0.15, -0.1) is 0 Å². The summed E-state index contributed by atoms with van der Waals surface area (Å²) in [5.41, 5.74) is -0.606. The Kier molecular flexibility index (Phi) is 2.56. The molecule has 0 spiro atoms. The summed E-state index contributed by atoms with van der Waals surface area (Å²) in [6.07, 6.45) is -2.74. The van der Waals surface area contributed by atoms with Crippen molar-refractivity contribution in [3.63, 3.8) is 0 Å². The van der Waals surface area contributed by atoms with E-state index < -0.39 is 12.1 Å². The first kappa shape index (κ1) is 8.88. The van der Waals surface area contributed by atoms with Gasteiger partial charge < -0.3 is 0 Å². The van der Waals surface area contributed by atoms with Gasteiger partial charge in [0.1, 0.15) is 17.5 Å². The van der Waals surface area contributed by atoms with Crippen molar-refractivity contribution in [2.75, 3.05) is 0 Å². The average molecular weight is 189 g/mol. The summed E-state index contributed by atoms with van der Waals surface area (Å²) in [4.78, 5) is 3.35. The Morgan fingerprint density at radius 3 is 2.67 bits per heavy atom. The highest BCUT2D eigenvalue weighted by molar-refractivity contribution is 6.31. The zero-order valence-corrected chi connectivity index (χ0v) is 6.52. The van der Waals surface area contributed by atoms with E-state index in [1.165, 1.54) is 12.1 Å². The van der Waals surface area contributed by atoms with Crippen molar-refractivity contribution in [1.82, 2.24) is 4.98 Å². The van der Waals surface area contributed by atoms with Gasteiger partial charge >= 0.3 is 0 Å². The molecule has 0 saturated heterocycles. The second kappa shape index (κ2) is 3.46. The van der Waals surface area contributed by atoms with Crippen molar-refractivity contribution < 1.29 is 8.78 Å². The number of aromatic nitrogens is 1. The molecule has 0 radical (unpaired) electrons. The van der Waals surface area contributed by atoms with Crippen molar-refractivity contribution in [2.45, 2.75) is 6.43 Å². The Bertz CT molecular complexity index is 333. The van der Waals surface area contributed by atoms with Crippen LogP contribution in [0.5, 0.6) is 0 Å². The molecule has 5 heteroatoms. The fourth-order valence-electron chi connectivity index (χ4n) is 0.673. The van der Waals surface area contributed by atoms with Crippen LogP contribution in [0.15, 0.2) is 12.1 Å². The molecule has 1 rings (SSSR count). The molecular weight excluding hydrogens is 186 g/mol. The van der Waals surface area contributed by atoms with Gasteiger partial charge in [-0.3, -0.25) is 0 Å². The van der Waals surface area contributed by atoms with Gasteiger partial charge in [0, 0.05) is 0 Å². The number of nitriles is 1. The smallest absolute Gasteiger partial charge is 0.235 e. The normalized spacial score (nSPS) is 9.92. The third-order valence-electron chi connectivity index (χ3n) is 1.19. The van der Waals surface area contributed by atoms with Crippen LogP contribution in [0, 0.1) is 11.3 Å². The minimum atomic E-state index is -2.74. The first-order valence-electron chi connectivity index (χ1n) is 3.00. The van der Waals surface area contributed by atoms with E-state index in [0.717, 1.165) is 0 Å². The van der Waals surface area contributed by atoms with E-state index in [9.17, 15) is 8.78 Å². The summed E-state index contributed by atoms with van der Waals surface area (Å²) >= 11 is 5.40. The van der Waals surface area contributed by atoms with E-state index in [-0.39, 0.29) is 10.7 Å². The van der Waals surface area contributed by atoms with Gasteiger partial charge in [-0.05, 0) is 12.1 Å². The van der Waals surface area contributed by atoms with E-state index in [1.807, 2.05) is 0 Å². The van der Waals surface area contributed by atoms with Gasteiger partial charge in [-0.1, -0.05) is 11.6 Å². The van der Waals surface area contributed by atoms with Gasteiger partial charge in [-0.2, -0.15) is 5.26 Å². The lowest BCUT2D eigenvalue weighted by Gasteiger charge is -2.00. The first-order chi connectivity index (χ1) is 5.65. The Hall–Kier alpha value is -1.21. The van der Waals surface area contributed by atoms with Crippen LogP contribution in [0.4, 0.5) is 8.78 Å². The number of alkyl halides is 2. The molecule has 0 aliphatic rings. The summed E-state index contributed by atoms with van der Waals surface area (Å²) in [5.74, 6) is 0. The molecule has 0 saturated carbocycles. The maximum Gasteiger partial charge on any atom is 0.281 e. The van der Waals surface area contributed by atoms with Crippen molar-refractivity contribution >= 4 is 11.6 Å². The van der Waals surface area contributed by atoms with Crippen molar-refractivity contribution in [2.24, 2.45) is 0 Å². The number of halogens is 3. The third kappa shape index (κ3) is 1.69. The Labute approximate surface area is 72.4 Å². The van der Waals surface area contributed by atoms with Gasteiger partial charge in [0.25, 0.3) is 6.43 Å². The van der Waals surface area contributed by atoms with Crippen LogP contribution in [0.3, 0.4) is 0 Å². The average Bonchev–Trinajstić information content (AvgIpc) is 2.05. The van der Waals surface area contributed by atoms with E-state index in [4.69, 9.17) is 16.9 Å². The summed E-state index contributed by atoms with van der Waals surface area (Å²) in [5, 5.41) is 8.21. The molecule has 2 nitrogen and oxygen atoms in total. The molecule has 62 valence electrons. The standard InChI is InChI=1S/C7H3ClF2N2/c8-5-2-1-4(3-11)12-6(5)7(9)10/h1-2,7H. The number of hydrogen-bond acceptors (Lipinski definition) is 2. The van der Waals surface area contributed by atoms with Crippen LogP contribution >= 0.6 is 11.6 Å². The third-order valence-corrected chi connectivity index (χ3v) is 1.51. The molecule has 1 aromatic heterocycles. The van der Waals surface area contributed by atoms with Crippen LogP contribution in [0.2, 0.25) is 5.02 Å². The highest BCUT2D eigenvalue weighted by Gasteiger charge is 2.13. The molecule has 12 heavy (non-hydrogen) atoms.